The Morgan fingerprint density at radius 2 is 1.72 bits per heavy atom. The summed E-state index contributed by atoms with van der Waals surface area (Å²) in [5.41, 5.74) is -0.299. The molecule has 0 fully saturated rings. The van der Waals surface area contributed by atoms with E-state index >= 15 is 0 Å². The minimum Gasteiger partial charge on any atom is -0.478 e. The maximum absolute atomic E-state index is 13.0. The van der Waals surface area contributed by atoms with Gasteiger partial charge in [-0.25, -0.2) is 4.79 Å². The second kappa shape index (κ2) is 9.56. The van der Waals surface area contributed by atoms with E-state index in [0.29, 0.717) is 0 Å². The SMILES string of the molecule is CNCC(=O)N[C@H](C(=O)N(C)[C@H](/C=C(\C)C(=O)O)C(C)C)C(C)(C)C. The molecular formula is C18H33N3O4. The van der Waals surface area contributed by atoms with Crippen molar-refractivity contribution < 1.29 is 19.5 Å². The molecule has 0 spiro atoms. The molecule has 2 amide bonds. The quantitative estimate of drug-likeness (QED) is 0.569. The largest absolute Gasteiger partial charge is 0.478 e. The molecule has 25 heavy (non-hydrogen) atoms. The van der Waals surface area contributed by atoms with Crippen molar-refractivity contribution in [2.24, 2.45) is 11.3 Å². The van der Waals surface area contributed by atoms with Gasteiger partial charge in [0.15, 0.2) is 0 Å². The molecule has 0 aliphatic rings. The lowest BCUT2D eigenvalue weighted by Crippen LogP contribution is -2.57. The number of carbonyl (C=O) groups excluding carboxylic acids is 2. The average molecular weight is 355 g/mol. The van der Waals surface area contributed by atoms with Gasteiger partial charge >= 0.3 is 5.97 Å². The van der Waals surface area contributed by atoms with Crippen molar-refractivity contribution in [2.75, 3.05) is 20.6 Å². The van der Waals surface area contributed by atoms with Gasteiger partial charge in [-0.3, -0.25) is 9.59 Å². The third kappa shape index (κ3) is 7.25. The molecule has 144 valence electrons. The van der Waals surface area contributed by atoms with E-state index < -0.39 is 17.4 Å². The summed E-state index contributed by atoms with van der Waals surface area (Å²) in [5.74, 6) is -1.49. The van der Waals surface area contributed by atoms with Crippen LogP contribution >= 0.6 is 0 Å². The van der Waals surface area contributed by atoms with E-state index in [1.54, 1.807) is 20.2 Å². The monoisotopic (exact) mass is 355 g/mol. The maximum Gasteiger partial charge on any atom is 0.331 e. The zero-order chi connectivity index (χ0) is 19.9. The summed E-state index contributed by atoms with van der Waals surface area (Å²) < 4.78 is 0. The highest BCUT2D eigenvalue weighted by atomic mass is 16.4. The van der Waals surface area contributed by atoms with Crippen LogP contribution in [0.15, 0.2) is 11.6 Å². The highest BCUT2D eigenvalue weighted by Gasteiger charge is 2.36. The molecule has 0 unspecified atom stereocenters. The maximum atomic E-state index is 13.0. The van der Waals surface area contributed by atoms with E-state index in [-0.39, 0.29) is 35.9 Å². The molecule has 0 aromatic heterocycles. The molecule has 0 aromatic rings. The Morgan fingerprint density at radius 1 is 1.20 bits per heavy atom. The molecule has 0 heterocycles. The van der Waals surface area contributed by atoms with Gasteiger partial charge in [-0.15, -0.1) is 0 Å². The normalized spacial score (nSPS) is 14.8. The Labute approximate surface area is 150 Å². The number of carboxylic acids is 1. The van der Waals surface area contributed by atoms with Crippen molar-refractivity contribution in [2.45, 2.75) is 53.6 Å². The molecule has 7 heteroatoms. The van der Waals surface area contributed by atoms with Crippen LogP contribution in [0.5, 0.6) is 0 Å². The summed E-state index contributed by atoms with van der Waals surface area (Å²) in [6.07, 6.45) is 1.58. The number of nitrogens with one attached hydrogen (secondary N) is 2. The zero-order valence-corrected chi connectivity index (χ0v) is 16.6. The number of aliphatic carboxylic acids is 1. The van der Waals surface area contributed by atoms with Gasteiger partial charge in [0.2, 0.25) is 11.8 Å². The number of nitrogens with zero attached hydrogens (tertiary/aromatic N) is 1. The van der Waals surface area contributed by atoms with Crippen molar-refractivity contribution in [1.29, 1.82) is 0 Å². The molecule has 0 bridgehead atoms. The third-order valence-electron chi connectivity index (χ3n) is 3.99. The van der Waals surface area contributed by atoms with Gasteiger partial charge < -0.3 is 20.6 Å². The number of hydrogen-bond acceptors (Lipinski definition) is 4. The second-order valence-corrected chi connectivity index (χ2v) is 7.74. The molecule has 0 saturated carbocycles. The Kier molecular flexibility index (Phi) is 8.83. The summed E-state index contributed by atoms with van der Waals surface area (Å²) >= 11 is 0. The summed E-state index contributed by atoms with van der Waals surface area (Å²) in [6.45, 7) is 11.1. The summed E-state index contributed by atoms with van der Waals surface area (Å²) in [4.78, 5) is 37.7. The molecule has 0 rings (SSSR count). The van der Waals surface area contributed by atoms with E-state index in [9.17, 15) is 14.4 Å². The van der Waals surface area contributed by atoms with E-state index in [0.717, 1.165) is 0 Å². The number of amides is 2. The van der Waals surface area contributed by atoms with Crippen LogP contribution in [0.2, 0.25) is 0 Å². The lowest BCUT2D eigenvalue weighted by atomic mass is 9.85. The predicted molar refractivity (Wildman–Crippen MR) is 98.1 cm³/mol. The molecule has 7 nitrogen and oxygen atoms in total. The number of carboxylic acid groups (broad SMARTS) is 1. The molecular weight excluding hydrogens is 322 g/mol. The third-order valence-corrected chi connectivity index (χ3v) is 3.99. The van der Waals surface area contributed by atoms with Crippen LogP contribution in [0.25, 0.3) is 0 Å². The Balaban J connectivity index is 5.60. The molecule has 2 atom stereocenters. The fourth-order valence-corrected chi connectivity index (χ4v) is 2.45. The molecule has 3 N–H and O–H groups in total. The topological polar surface area (TPSA) is 98.7 Å². The van der Waals surface area contributed by atoms with E-state index in [1.807, 2.05) is 34.6 Å². The first kappa shape index (κ1) is 23.1. The van der Waals surface area contributed by atoms with Gasteiger partial charge in [0.25, 0.3) is 0 Å². The van der Waals surface area contributed by atoms with Crippen molar-refractivity contribution in [1.82, 2.24) is 15.5 Å². The van der Waals surface area contributed by atoms with Crippen LogP contribution in [-0.4, -0.2) is 60.5 Å². The lowest BCUT2D eigenvalue weighted by Gasteiger charge is -2.37. The first-order valence-corrected chi connectivity index (χ1v) is 8.45. The van der Waals surface area contributed by atoms with Gasteiger partial charge in [0.1, 0.15) is 6.04 Å². The van der Waals surface area contributed by atoms with E-state index in [4.69, 9.17) is 5.11 Å². The van der Waals surface area contributed by atoms with Crippen molar-refractivity contribution >= 4 is 17.8 Å². The highest BCUT2D eigenvalue weighted by Crippen LogP contribution is 2.23. The molecule has 0 aliphatic carbocycles. The summed E-state index contributed by atoms with van der Waals surface area (Å²) in [7, 11) is 3.30. The van der Waals surface area contributed by atoms with Crippen LogP contribution in [0, 0.1) is 11.3 Å². The van der Waals surface area contributed by atoms with E-state index in [2.05, 4.69) is 10.6 Å². The predicted octanol–water partition coefficient (Wildman–Crippen LogP) is 1.25. The zero-order valence-electron chi connectivity index (χ0n) is 16.6. The van der Waals surface area contributed by atoms with Crippen LogP contribution in [0.3, 0.4) is 0 Å². The van der Waals surface area contributed by atoms with Gasteiger partial charge in [-0.1, -0.05) is 40.7 Å². The standard InChI is InChI=1S/C18H33N3O4/c1-11(2)13(9-12(3)17(24)25)21(8)16(23)15(18(4,5)6)20-14(22)10-19-7/h9,11,13,15,19H,10H2,1-8H3,(H,20,22)(H,24,25)/b12-9+/t13-,15-/m1/s1. The number of rotatable bonds is 8. The van der Waals surface area contributed by atoms with Crippen LogP contribution in [-0.2, 0) is 14.4 Å². The first-order valence-electron chi connectivity index (χ1n) is 8.45. The van der Waals surface area contributed by atoms with E-state index in [1.165, 1.54) is 11.8 Å². The van der Waals surface area contributed by atoms with Gasteiger partial charge in [0, 0.05) is 12.6 Å². The highest BCUT2D eigenvalue weighted by molar-refractivity contribution is 5.89. The Morgan fingerprint density at radius 3 is 2.08 bits per heavy atom. The fourth-order valence-electron chi connectivity index (χ4n) is 2.45. The van der Waals surface area contributed by atoms with Crippen LogP contribution in [0.4, 0.5) is 0 Å². The summed E-state index contributed by atoms with van der Waals surface area (Å²) in [5, 5.41) is 14.7. The molecule has 0 aromatic carbocycles. The minimum atomic E-state index is -1.01. The lowest BCUT2D eigenvalue weighted by molar-refractivity contribution is -0.140. The fraction of sp³-hybridized carbons (Fsp3) is 0.722. The van der Waals surface area contributed by atoms with Crippen LogP contribution in [0.1, 0.15) is 41.5 Å². The molecule has 0 saturated heterocycles. The smallest absolute Gasteiger partial charge is 0.331 e. The second-order valence-electron chi connectivity index (χ2n) is 7.74. The van der Waals surface area contributed by atoms with Crippen molar-refractivity contribution in [3.63, 3.8) is 0 Å². The Bertz CT molecular complexity index is 521. The van der Waals surface area contributed by atoms with Gasteiger partial charge in [-0.2, -0.15) is 0 Å². The minimum absolute atomic E-state index is 0.0249. The average Bonchev–Trinajstić information content (AvgIpc) is 2.47. The summed E-state index contributed by atoms with van der Waals surface area (Å²) in [6, 6.07) is -1.09. The Hall–Kier alpha value is -1.89. The number of carbonyl (C=O) groups is 3. The number of hydrogen-bond donors (Lipinski definition) is 3. The van der Waals surface area contributed by atoms with Gasteiger partial charge in [0.05, 0.1) is 12.6 Å². The first-order chi connectivity index (χ1) is 11.3. The van der Waals surface area contributed by atoms with Crippen LogP contribution < -0.4 is 10.6 Å². The molecule has 0 radical (unpaired) electrons. The van der Waals surface area contributed by atoms with Crippen molar-refractivity contribution in [3.05, 3.63) is 11.6 Å². The number of likely N-dealkylation sites (N-methyl/N-ethyl adjacent to an activating group) is 2. The van der Waals surface area contributed by atoms with Crippen molar-refractivity contribution in [3.8, 4) is 0 Å². The van der Waals surface area contributed by atoms with Gasteiger partial charge in [-0.05, 0) is 25.3 Å². The molecule has 0 aliphatic heterocycles.